The average molecular weight is 213 g/mol. The third-order valence-corrected chi connectivity index (χ3v) is 1.95. The second-order valence-corrected chi connectivity index (χ2v) is 2.95. The van der Waals surface area contributed by atoms with Gasteiger partial charge in [-0.05, 0) is 17.7 Å². The second kappa shape index (κ2) is 4.63. The van der Waals surface area contributed by atoms with Crippen molar-refractivity contribution in [2.75, 3.05) is 20.0 Å². The molecule has 0 fully saturated rings. The van der Waals surface area contributed by atoms with E-state index < -0.39 is 11.8 Å². The monoisotopic (exact) mass is 213 g/mol. The van der Waals surface area contributed by atoms with Gasteiger partial charge in [-0.15, -0.1) is 0 Å². The molecule has 0 spiro atoms. The molecule has 2 N–H and O–H groups in total. The van der Waals surface area contributed by atoms with E-state index in [4.69, 9.17) is 10.5 Å². The van der Waals surface area contributed by atoms with E-state index in [0.29, 0.717) is 5.56 Å². The first-order chi connectivity index (χ1) is 7.08. The predicted molar refractivity (Wildman–Crippen MR) is 53.1 cm³/mol. The minimum Gasteiger partial charge on any atom is -0.494 e. The van der Waals surface area contributed by atoms with Crippen molar-refractivity contribution in [2.24, 2.45) is 0 Å². The van der Waals surface area contributed by atoms with Gasteiger partial charge in [-0.3, -0.25) is 4.79 Å². The third-order valence-electron chi connectivity index (χ3n) is 1.95. The molecule has 0 radical (unpaired) electrons. The van der Waals surface area contributed by atoms with E-state index in [9.17, 15) is 9.18 Å². The summed E-state index contributed by atoms with van der Waals surface area (Å²) >= 11 is 0. The van der Waals surface area contributed by atoms with E-state index in [1.165, 1.54) is 26.4 Å². The van der Waals surface area contributed by atoms with Crippen molar-refractivity contribution < 1.29 is 18.7 Å². The van der Waals surface area contributed by atoms with Crippen molar-refractivity contribution in [1.29, 1.82) is 0 Å². The Bertz CT molecular complexity index is 379. The molecule has 0 aromatic heterocycles. The molecule has 0 heterocycles. The molecule has 0 aliphatic heterocycles. The van der Waals surface area contributed by atoms with Gasteiger partial charge in [0.1, 0.15) is 17.3 Å². The summed E-state index contributed by atoms with van der Waals surface area (Å²) in [6.07, 6.45) is -0.00986. The normalized spacial score (nSPS) is 9.80. The highest BCUT2D eigenvalue weighted by Gasteiger charge is 2.11. The zero-order valence-corrected chi connectivity index (χ0v) is 8.54. The lowest BCUT2D eigenvalue weighted by atomic mass is 10.1. The summed E-state index contributed by atoms with van der Waals surface area (Å²) in [7, 11) is 2.65. The standard InChI is InChI=1S/C10H12FNO3/c1-14-8-4-6(5-9(13)15-2)3-7(11)10(8)12/h3-4H,5,12H2,1-2H3. The molecule has 0 amide bonds. The molecule has 0 unspecified atom stereocenters. The number of ether oxygens (including phenoxy) is 2. The summed E-state index contributed by atoms with van der Waals surface area (Å²) in [5.41, 5.74) is 5.81. The topological polar surface area (TPSA) is 61.5 Å². The largest absolute Gasteiger partial charge is 0.494 e. The van der Waals surface area contributed by atoms with Gasteiger partial charge in [0.2, 0.25) is 0 Å². The summed E-state index contributed by atoms with van der Waals surface area (Å²) in [6, 6.07) is 2.70. The summed E-state index contributed by atoms with van der Waals surface area (Å²) in [6.45, 7) is 0. The Kier molecular flexibility index (Phi) is 3.49. The van der Waals surface area contributed by atoms with Gasteiger partial charge in [0, 0.05) is 0 Å². The lowest BCUT2D eigenvalue weighted by Crippen LogP contribution is -2.06. The minimum absolute atomic E-state index is 0.00986. The highest BCUT2D eigenvalue weighted by molar-refractivity contribution is 5.73. The van der Waals surface area contributed by atoms with Crippen LogP contribution in [0.4, 0.5) is 10.1 Å². The Hall–Kier alpha value is -1.78. The summed E-state index contributed by atoms with van der Waals surface area (Å²) in [5, 5.41) is 0. The highest BCUT2D eigenvalue weighted by atomic mass is 19.1. The van der Waals surface area contributed by atoms with Crippen LogP contribution in [0, 0.1) is 5.82 Å². The molecule has 5 heteroatoms. The van der Waals surface area contributed by atoms with Gasteiger partial charge < -0.3 is 15.2 Å². The van der Waals surface area contributed by atoms with E-state index in [1.807, 2.05) is 0 Å². The Balaban J connectivity index is 3.00. The van der Waals surface area contributed by atoms with Crippen LogP contribution >= 0.6 is 0 Å². The van der Waals surface area contributed by atoms with E-state index in [-0.39, 0.29) is 17.9 Å². The van der Waals surface area contributed by atoms with Crippen LogP contribution in [0.25, 0.3) is 0 Å². The van der Waals surface area contributed by atoms with Gasteiger partial charge >= 0.3 is 5.97 Å². The maximum absolute atomic E-state index is 13.2. The lowest BCUT2D eigenvalue weighted by Gasteiger charge is -2.08. The fraction of sp³-hybridized carbons (Fsp3) is 0.300. The van der Waals surface area contributed by atoms with E-state index in [2.05, 4.69) is 4.74 Å². The number of hydrogen-bond donors (Lipinski definition) is 1. The quantitative estimate of drug-likeness (QED) is 0.604. The first-order valence-corrected chi connectivity index (χ1v) is 4.27. The van der Waals surface area contributed by atoms with Crippen molar-refractivity contribution in [3.8, 4) is 5.75 Å². The third kappa shape index (κ3) is 2.59. The number of rotatable bonds is 3. The van der Waals surface area contributed by atoms with Crippen LogP contribution in [0.3, 0.4) is 0 Å². The Morgan fingerprint density at radius 3 is 2.67 bits per heavy atom. The number of nitrogens with two attached hydrogens (primary N) is 1. The fourth-order valence-electron chi connectivity index (χ4n) is 1.16. The molecule has 1 rings (SSSR count). The van der Waals surface area contributed by atoms with Gasteiger partial charge in [-0.25, -0.2) is 4.39 Å². The van der Waals surface area contributed by atoms with Crippen molar-refractivity contribution in [1.82, 2.24) is 0 Å². The predicted octanol–water partition coefficient (Wildman–Crippen LogP) is 1.13. The number of carbonyl (C=O) groups is 1. The van der Waals surface area contributed by atoms with Gasteiger partial charge in [0.15, 0.2) is 0 Å². The van der Waals surface area contributed by atoms with Gasteiger partial charge in [-0.2, -0.15) is 0 Å². The SMILES string of the molecule is COC(=O)Cc1cc(F)c(N)c(OC)c1. The highest BCUT2D eigenvalue weighted by Crippen LogP contribution is 2.26. The molecule has 4 nitrogen and oxygen atoms in total. The van der Waals surface area contributed by atoms with Crippen LogP contribution in [-0.2, 0) is 16.0 Å². The first-order valence-electron chi connectivity index (χ1n) is 4.27. The van der Waals surface area contributed by atoms with E-state index in [1.54, 1.807) is 0 Å². The summed E-state index contributed by atoms with van der Waals surface area (Å²) in [5.74, 6) is -0.830. The molecule has 0 atom stereocenters. The average Bonchev–Trinajstić information content (AvgIpc) is 2.22. The van der Waals surface area contributed by atoms with Crippen LogP contribution < -0.4 is 10.5 Å². The Morgan fingerprint density at radius 1 is 1.47 bits per heavy atom. The molecule has 0 saturated heterocycles. The van der Waals surface area contributed by atoms with Crippen LogP contribution in [0.1, 0.15) is 5.56 Å². The molecule has 1 aromatic rings. The number of benzene rings is 1. The second-order valence-electron chi connectivity index (χ2n) is 2.95. The molecule has 0 aliphatic rings. The number of anilines is 1. The fourth-order valence-corrected chi connectivity index (χ4v) is 1.16. The smallest absolute Gasteiger partial charge is 0.309 e. The molecule has 0 saturated carbocycles. The van der Waals surface area contributed by atoms with Crippen LogP contribution in [-0.4, -0.2) is 20.2 Å². The maximum Gasteiger partial charge on any atom is 0.309 e. The molecular formula is C10H12FNO3. The lowest BCUT2D eigenvalue weighted by molar-refractivity contribution is -0.139. The van der Waals surface area contributed by atoms with Gasteiger partial charge in [0.25, 0.3) is 0 Å². The maximum atomic E-state index is 13.2. The minimum atomic E-state index is -0.603. The van der Waals surface area contributed by atoms with Gasteiger partial charge in [0.05, 0.1) is 20.6 Å². The van der Waals surface area contributed by atoms with Gasteiger partial charge in [-0.1, -0.05) is 0 Å². The molecular weight excluding hydrogens is 201 g/mol. The summed E-state index contributed by atoms with van der Waals surface area (Å²) in [4.78, 5) is 11.0. The zero-order chi connectivity index (χ0) is 11.4. The number of methoxy groups -OCH3 is 2. The molecule has 0 aliphatic carbocycles. The van der Waals surface area contributed by atoms with Crippen molar-refractivity contribution in [3.05, 3.63) is 23.5 Å². The zero-order valence-electron chi connectivity index (χ0n) is 8.54. The number of hydrogen-bond acceptors (Lipinski definition) is 4. The molecule has 82 valence electrons. The van der Waals surface area contributed by atoms with Crippen molar-refractivity contribution >= 4 is 11.7 Å². The van der Waals surface area contributed by atoms with Crippen LogP contribution in [0.15, 0.2) is 12.1 Å². The number of esters is 1. The van der Waals surface area contributed by atoms with Crippen LogP contribution in [0.5, 0.6) is 5.75 Å². The molecule has 0 bridgehead atoms. The van der Waals surface area contributed by atoms with Crippen LogP contribution in [0.2, 0.25) is 0 Å². The number of halogens is 1. The first kappa shape index (κ1) is 11.3. The summed E-state index contributed by atoms with van der Waals surface area (Å²) < 4.78 is 22.6. The molecule has 1 aromatic carbocycles. The van der Waals surface area contributed by atoms with E-state index >= 15 is 0 Å². The Morgan fingerprint density at radius 2 is 2.13 bits per heavy atom. The Labute approximate surface area is 86.8 Å². The van der Waals surface area contributed by atoms with Crippen molar-refractivity contribution in [2.45, 2.75) is 6.42 Å². The molecule has 15 heavy (non-hydrogen) atoms. The van der Waals surface area contributed by atoms with E-state index in [0.717, 1.165) is 0 Å². The number of carbonyl (C=O) groups excluding carboxylic acids is 1. The van der Waals surface area contributed by atoms with Crippen molar-refractivity contribution in [3.63, 3.8) is 0 Å². The number of nitrogen functional groups attached to an aromatic ring is 1.